The molecule has 0 bridgehead atoms. The molecular weight excluding hydrogens is 664 g/mol. The Morgan fingerprint density at radius 2 is 1.37 bits per heavy atom. The number of rotatable bonds is 16. The third-order valence-electron chi connectivity index (χ3n) is 10.4. The summed E-state index contributed by atoms with van der Waals surface area (Å²) in [6.07, 6.45) is 10.7. The Hall–Kier alpha value is -5.48. The summed E-state index contributed by atoms with van der Waals surface area (Å²) in [7, 11) is 0. The molecule has 6 rings (SSSR count). The maximum absolute atomic E-state index is 15.7. The Kier molecular flexibility index (Phi) is 12.8. The summed E-state index contributed by atoms with van der Waals surface area (Å²) in [4.78, 5) is 5.67. The van der Waals surface area contributed by atoms with E-state index in [2.05, 4.69) is 118 Å². The summed E-state index contributed by atoms with van der Waals surface area (Å²) in [6, 6.07) is 44.5. The molecule has 0 spiro atoms. The van der Waals surface area contributed by atoms with Crippen LogP contribution in [0.25, 0.3) is 22.3 Å². The summed E-state index contributed by atoms with van der Waals surface area (Å²) in [5, 5.41) is 0. The predicted molar refractivity (Wildman–Crippen MR) is 225 cm³/mol. The Bertz CT molecular complexity index is 2090. The van der Waals surface area contributed by atoms with Gasteiger partial charge in [0.1, 0.15) is 17.3 Å². The van der Waals surface area contributed by atoms with Crippen molar-refractivity contribution in [1.29, 1.82) is 0 Å². The molecule has 0 fully saturated rings. The van der Waals surface area contributed by atoms with E-state index in [4.69, 9.17) is 9.73 Å². The molecule has 1 heterocycles. The van der Waals surface area contributed by atoms with Crippen LogP contribution in [-0.4, -0.2) is 10.3 Å². The lowest BCUT2D eigenvalue weighted by Gasteiger charge is -2.25. The second-order valence-corrected chi connectivity index (χ2v) is 14.8. The molecule has 1 aromatic heterocycles. The minimum absolute atomic E-state index is 0.198. The van der Waals surface area contributed by atoms with Gasteiger partial charge in [0, 0.05) is 36.5 Å². The van der Waals surface area contributed by atoms with E-state index in [0.29, 0.717) is 41.4 Å². The van der Waals surface area contributed by atoms with Gasteiger partial charge >= 0.3 is 0 Å². The van der Waals surface area contributed by atoms with Crippen molar-refractivity contribution >= 4 is 11.4 Å². The zero-order chi connectivity index (χ0) is 37.9. The Labute approximate surface area is 321 Å². The molecule has 276 valence electrons. The van der Waals surface area contributed by atoms with Crippen molar-refractivity contribution in [2.75, 3.05) is 0 Å². The molecule has 0 radical (unpaired) electrons. The highest BCUT2D eigenvalue weighted by Gasteiger charge is 2.24. The average molecular weight is 717 g/mol. The molecule has 0 aliphatic carbocycles. The van der Waals surface area contributed by atoms with Crippen LogP contribution in [0.4, 0.5) is 10.1 Å². The molecule has 1 atom stereocenters. The number of allylic oxidation sites excluding steroid dienone is 2. The van der Waals surface area contributed by atoms with Gasteiger partial charge in [0.05, 0.1) is 11.4 Å². The minimum atomic E-state index is -0.316. The first-order chi connectivity index (χ1) is 26.3. The van der Waals surface area contributed by atoms with Crippen LogP contribution in [0.1, 0.15) is 82.9 Å². The predicted octanol–water partition coefficient (Wildman–Crippen LogP) is 13.9. The van der Waals surface area contributed by atoms with Crippen LogP contribution < -0.4 is 4.74 Å². The number of benzene rings is 5. The van der Waals surface area contributed by atoms with E-state index < -0.39 is 0 Å². The zero-order valence-electron chi connectivity index (χ0n) is 32.4. The largest absolute Gasteiger partial charge is 0.454 e. The quantitative estimate of drug-likeness (QED) is 0.0723. The van der Waals surface area contributed by atoms with E-state index in [-0.39, 0.29) is 11.2 Å². The Morgan fingerprint density at radius 3 is 1.94 bits per heavy atom. The van der Waals surface area contributed by atoms with E-state index >= 15 is 4.39 Å². The van der Waals surface area contributed by atoms with Gasteiger partial charge in [-0.25, -0.2) is 9.38 Å². The van der Waals surface area contributed by atoms with Gasteiger partial charge in [0.25, 0.3) is 0 Å². The summed E-state index contributed by atoms with van der Waals surface area (Å²) < 4.78 is 25.3. The number of ether oxygens (including phenoxy) is 1. The lowest BCUT2D eigenvalue weighted by atomic mass is 9.81. The molecule has 0 saturated carbocycles. The molecule has 5 aromatic carbocycles. The summed E-state index contributed by atoms with van der Waals surface area (Å²) in [5.41, 5.74) is 8.60. The molecule has 0 aliphatic rings. The van der Waals surface area contributed by atoms with Gasteiger partial charge in [-0.2, -0.15) is 0 Å². The lowest BCUT2D eigenvalue weighted by molar-refractivity contribution is 0.442. The van der Waals surface area contributed by atoms with Gasteiger partial charge in [-0.05, 0) is 88.8 Å². The maximum atomic E-state index is 15.7. The SMILES string of the molecule is CCCc1cccc(C(C)CC)c1N=C(CCn1cccc1)/C(=C/CC(C)(C)c1ccccc1)Oc1c(-c2ccccc2)cc(F)cc1-c1ccccc1. The third-order valence-corrected chi connectivity index (χ3v) is 10.4. The number of aliphatic imine (C=N–C) groups is 1. The molecule has 4 heteroatoms. The number of hydrogen-bond acceptors (Lipinski definition) is 2. The molecule has 6 aromatic rings. The highest BCUT2D eigenvalue weighted by molar-refractivity contribution is 6.01. The number of nitrogens with zero attached hydrogens (tertiary/aromatic N) is 2. The first kappa shape index (κ1) is 38.3. The van der Waals surface area contributed by atoms with Crippen LogP contribution in [0.15, 0.2) is 163 Å². The van der Waals surface area contributed by atoms with Crippen LogP contribution in [0.3, 0.4) is 0 Å². The number of halogens is 1. The van der Waals surface area contributed by atoms with Crippen LogP contribution >= 0.6 is 0 Å². The summed E-state index contributed by atoms with van der Waals surface area (Å²) in [5.74, 6) is 1.32. The van der Waals surface area contributed by atoms with Gasteiger partial charge in [-0.15, -0.1) is 0 Å². The van der Waals surface area contributed by atoms with E-state index in [1.165, 1.54) is 16.7 Å². The van der Waals surface area contributed by atoms with Gasteiger partial charge in [-0.1, -0.05) is 150 Å². The van der Waals surface area contributed by atoms with Crippen molar-refractivity contribution in [2.24, 2.45) is 4.99 Å². The first-order valence-corrected chi connectivity index (χ1v) is 19.5. The fourth-order valence-corrected chi connectivity index (χ4v) is 7.01. The van der Waals surface area contributed by atoms with Crippen molar-refractivity contribution in [3.05, 3.63) is 180 Å². The standard InChI is InChI=1S/C50H53FN2O/c1-6-20-40-25-19-28-43(37(3)7-2)48(40)52-46(30-34-53-32-17-18-33-53)47(29-31-50(4,5)41-26-15-10-16-27-41)54-49-44(38-21-11-8-12-22-38)35-42(51)36-45(49)39-23-13-9-14-24-39/h8-19,21-29,32-33,35-37H,6-7,20,30-31,34H2,1-5H3/b47-29-,52-46?. The van der Waals surface area contributed by atoms with E-state index in [9.17, 15) is 0 Å². The van der Waals surface area contributed by atoms with Crippen LogP contribution in [0, 0.1) is 5.82 Å². The topological polar surface area (TPSA) is 26.5 Å². The molecule has 0 saturated heterocycles. The molecule has 3 nitrogen and oxygen atoms in total. The number of hydrogen-bond donors (Lipinski definition) is 0. The van der Waals surface area contributed by atoms with Gasteiger partial charge in [0.2, 0.25) is 0 Å². The van der Waals surface area contributed by atoms with Crippen LogP contribution in [0.2, 0.25) is 0 Å². The Morgan fingerprint density at radius 1 is 0.778 bits per heavy atom. The van der Waals surface area contributed by atoms with Crippen molar-refractivity contribution in [2.45, 2.75) is 84.6 Å². The van der Waals surface area contributed by atoms with Crippen LogP contribution in [0.5, 0.6) is 5.75 Å². The van der Waals surface area contributed by atoms with Crippen molar-refractivity contribution < 1.29 is 9.13 Å². The normalized spacial score (nSPS) is 12.9. The molecular formula is C50H53FN2O. The maximum Gasteiger partial charge on any atom is 0.145 e. The van der Waals surface area contributed by atoms with Gasteiger partial charge in [0.15, 0.2) is 0 Å². The highest BCUT2D eigenvalue weighted by atomic mass is 19.1. The summed E-state index contributed by atoms with van der Waals surface area (Å²) in [6.45, 7) is 12.0. The van der Waals surface area contributed by atoms with E-state index in [1.54, 1.807) is 12.1 Å². The third kappa shape index (κ3) is 9.35. The fourth-order valence-electron chi connectivity index (χ4n) is 7.01. The van der Waals surface area contributed by atoms with Gasteiger partial charge < -0.3 is 9.30 Å². The van der Waals surface area contributed by atoms with Crippen molar-refractivity contribution in [3.8, 4) is 28.0 Å². The minimum Gasteiger partial charge on any atom is -0.454 e. The van der Waals surface area contributed by atoms with Crippen LogP contribution in [-0.2, 0) is 18.4 Å². The van der Waals surface area contributed by atoms with Gasteiger partial charge in [-0.3, -0.25) is 0 Å². The van der Waals surface area contributed by atoms with E-state index in [0.717, 1.165) is 48.3 Å². The smallest absolute Gasteiger partial charge is 0.145 e. The fraction of sp³-hybridized carbons (Fsp3) is 0.260. The number of aromatic nitrogens is 1. The monoisotopic (exact) mass is 716 g/mol. The molecule has 54 heavy (non-hydrogen) atoms. The average Bonchev–Trinajstić information content (AvgIpc) is 3.73. The van der Waals surface area contributed by atoms with E-state index in [1.807, 2.05) is 60.7 Å². The molecule has 1 unspecified atom stereocenters. The highest BCUT2D eigenvalue weighted by Crippen LogP contribution is 2.42. The second-order valence-electron chi connectivity index (χ2n) is 14.8. The van der Waals surface area contributed by atoms with Crippen molar-refractivity contribution in [1.82, 2.24) is 4.57 Å². The molecule has 0 aliphatic heterocycles. The summed E-state index contributed by atoms with van der Waals surface area (Å²) >= 11 is 0. The lowest BCUT2D eigenvalue weighted by Crippen LogP contribution is -2.19. The zero-order valence-corrected chi connectivity index (χ0v) is 32.4. The Balaban J connectivity index is 1.61. The molecule has 0 N–H and O–H groups in total. The first-order valence-electron chi connectivity index (χ1n) is 19.5. The number of aryl methyl sites for hydroxylation is 2. The number of para-hydroxylation sites is 1. The second kappa shape index (κ2) is 18.0. The van der Waals surface area contributed by atoms with Crippen molar-refractivity contribution in [3.63, 3.8) is 0 Å². The molecule has 0 amide bonds.